The van der Waals surface area contributed by atoms with Gasteiger partial charge in [-0.3, -0.25) is 14.5 Å². The average molecular weight is 319 g/mol. The van der Waals surface area contributed by atoms with Gasteiger partial charge in [-0.1, -0.05) is 12.1 Å². The van der Waals surface area contributed by atoms with Crippen LogP contribution in [-0.4, -0.2) is 66.6 Å². The molecular formula is C17H25N3O3. The van der Waals surface area contributed by atoms with Gasteiger partial charge < -0.3 is 15.3 Å². The Hall–Kier alpha value is -1.92. The van der Waals surface area contributed by atoms with Crippen LogP contribution in [0.3, 0.4) is 0 Å². The molecule has 0 unspecified atom stereocenters. The third-order valence-electron chi connectivity index (χ3n) is 4.07. The highest BCUT2D eigenvalue weighted by Gasteiger charge is 2.14. The average Bonchev–Trinajstić information content (AvgIpc) is 2.54. The van der Waals surface area contributed by atoms with Gasteiger partial charge in [-0.15, -0.1) is 0 Å². The SMILES string of the molecule is CN1CCN(Cc2ccc(C(=O)NCCCC(=O)O)cc2)CC1. The summed E-state index contributed by atoms with van der Waals surface area (Å²) in [6.07, 6.45) is 0.521. The first kappa shape index (κ1) is 17.4. The summed E-state index contributed by atoms with van der Waals surface area (Å²) in [4.78, 5) is 27.1. The van der Waals surface area contributed by atoms with Crippen molar-refractivity contribution < 1.29 is 14.7 Å². The third-order valence-corrected chi connectivity index (χ3v) is 4.07. The summed E-state index contributed by atoms with van der Waals surface area (Å²) in [5.74, 6) is -0.992. The normalized spacial score (nSPS) is 16.2. The Morgan fingerprint density at radius 1 is 1.13 bits per heavy atom. The number of hydrogen-bond donors (Lipinski definition) is 2. The van der Waals surface area contributed by atoms with Crippen LogP contribution in [0.1, 0.15) is 28.8 Å². The molecule has 0 aliphatic carbocycles. The van der Waals surface area contributed by atoms with Crippen molar-refractivity contribution in [2.24, 2.45) is 0 Å². The number of carboxylic acids is 1. The van der Waals surface area contributed by atoms with Gasteiger partial charge in [-0.05, 0) is 31.2 Å². The van der Waals surface area contributed by atoms with E-state index in [2.05, 4.69) is 22.2 Å². The first-order valence-electron chi connectivity index (χ1n) is 8.04. The van der Waals surface area contributed by atoms with E-state index in [4.69, 9.17) is 5.11 Å². The highest BCUT2D eigenvalue weighted by molar-refractivity contribution is 5.94. The molecule has 1 amide bonds. The second kappa shape index (κ2) is 8.64. The lowest BCUT2D eigenvalue weighted by atomic mass is 10.1. The number of likely N-dealkylation sites (N-methyl/N-ethyl adjacent to an activating group) is 1. The number of nitrogens with one attached hydrogen (secondary N) is 1. The maximum absolute atomic E-state index is 12.0. The predicted octanol–water partition coefficient (Wildman–Crippen LogP) is 1.03. The molecule has 1 aliphatic heterocycles. The fourth-order valence-corrected chi connectivity index (χ4v) is 2.57. The number of aliphatic carboxylic acids is 1. The highest BCUT2D eigenvalue weighted by atomic mass is 16.4. The van der Waals surface area contributed by atoms with Crippen LogP contribution in [0.4, 0.5) is 0 Å². The zero-order valence-electron chi connectivity index (χ0n) is 13.6. The van der Waals surface area contributed by atoms with Crippen LogP contribution in [0.25, 0.3) is 0 Å². The van der Waals surface area contributed by atoms with Crippen molar-refractivity contribution >= 4 is 11.9 Å². The molecule has 0 radical (unpaired) electrons. The summed E-state index contributed by atoms with van der Waals surface area (Å²) < 4.78 is 0. The minimum Gasteiger partial charge on any atom is -0.481 e. The maximum atomic E-state index is 12.0. The minimum absolute atomic E-state index is 0.0737. The summed E-state index contributed by atoms with van der Waals surface area (Å²) in [6, 6.07) is 7.64. The number of nitrogens with zero attached hydrogens (tertiary/aromatic N) is 2. The number of rotatable bonds is 7. The Morgan fingerprint density at radius 2 is 1.78 bits per heavy atom. The van der Waals surface area contributed by atoms with Crippen molar-refractivity contribution in [3.05, 3.63) is 35.4 Å². The van der Waals surface area contributed by atoms with Crippen molar-refractivity contribution in [3.8, 4) is 0 Å². The van der Waals surface area contributed by atoms with Gasteiger partial charge in [0.1, 0.15) is 0 Å². The van der Waals surface area contributed by atoms with Gasteiger partial charge in [-0.25, -0.2) is 0 Å². The topological polar surface area (TPSA) is 72.9 Å². The summed E-state index contributed by atoms with van der Waals surface area (Å²) in [7, 11) is 2.14. The molecule has 6 heteroatoms. The van der Waals surface area contributed by atoms with Gasteiger partial charge in [0.05, 0.1) is 0 Å². The molecule has 0 atom stereocenters. The number of amides is 1. The Bertz CT molecular complexity index is 522. The molecule has 1 aromatic rings. The van der Waals surface area contributed by atoms with Gasteiger partial charge >= 0.3 is 5.97 Å². The Labute approximate surface area is 137 Å². The van der Waals surface area contributed by atoms with E-state index < -0.39 is 5.97 Å². The Kier molecular flexibility index (Phi) is 6.55. The summed E-state index contributed by atoms with van der Waals surface area (Å²) in [6.45, 7) is 5.63. The van der Waals surface area contributed by atoms with Crippen LogP contribution < -0.4 is 5.32 Å². The number of benzene rings is 1. The molecular weight excluding hydrogens is 294 g/mol. The van der Waals surface area contributed by atoms with Crippen LogP contribution in [0, 0.1) is 0 Å². The Morgan fingerprint density at radius 3 is 2.39 bits per heavy atom. The smallest absolute Gasteiger partial charge is 0.303 e. The van der Waals surface area contributed by atoms with Crippen molar-refractivity contribution in [2.45, 2.75) is 19.4 Å². The Balaban J connectivity index is 1.77. The molecule has 0 spiro atoms. The monoisotopic (exact) mass is 319 g/mol. The molecule has 1 saturated heterocycles. The maximum Gasteiger partial charge on any atom is 0.303 e. The molecule has 2 N–H and O–H groups in total. The lowest BCUT2D eigenvalue weighted by molar-refractivity contribution is -0.137. The van der Waals surface area contributed by atoms with Crippen LogP contribution >= 0.6 is 0 Å². The summed E-state index contributed by atoms with van der Waals surface area (Å²) in [5.41, 5.74) is 1.82. The fourth-order valence-electron chi connectivity index (χ4n) is 2.57. The van der Waals surface area contributed by atoms with E-state index in [1.54, 1.807) is 0 Å². The van der Waals surface area contributed by atoms with Crippen molar-refractivity contribution in [1.29, 1.82) is 0 Å². The van der Waals surface area contributed by atoms with Crippen LogP contribution in [-0.2, 0) is 11.3 Å². The molecule has 6 nitrogen and oxygen atoms in total. The first-order valence-corrected chi connectivity index (χ1v) is 8.04. The van der Waals surface area contributed by atoms with Gasteiger partial charge in [-0.2, -0.15) is 0 Å². The predicted molar refractivity (Wildman–Crippen MR) is 88.4 cm³/mol. The molecule has 1 aliphatic rings. The van der Waals surface area contributed by atoms with E-state index in [1.165, 1.54) is 5.56 Å². The lowest BCUT2D eigenvalue weighted by Crippen LogP contribution is -2.43. The second-order valence-corrected chi connectivity index (χ2v) is 6.03. The van der Waals surface area contributed by atoms with E-state index in [0.717, 1.165) is 32.7 Å². The number of hydrogen-bond acceptors (Lipinski definition) is 4. The van der Waals surface area contributed by atoms with Gasteiger partial charge in [0, 0.05) is 51.3 Å². The van der Waals surface area contributed by atoms with E-state index >= 15 is 0 Å². The van der Waals surface area contributed by atoms with Crippen molar-refractivity contribution in [1.82, 2.24) is 15.1 Å². The number of carboxylic acid groups (broad SMARTS) is 1. The van der Waals surface area contributed by atoms with Gasteiger partial charge in [0.15, 0.2) is 0 Å². The number of carbonyl (C=O) groups excluding carboxylic acids is 1. The van der Waals surface area contributed by atoms with E-state index in [9.17, 15) is 9.59 Å². The molecule has 23 heavy (non-hydrogen) atoms. The first-order chi connectivity index (χ1) is 11.0. The van der Waals surface area contributed by atoms with E-state index in [-0.39, 0.29) is 12.3 Å². The van der Waals surface area contributed by atoms with Crippen molar-refractivity contribution in [2.75, 3.05) is 39.8 Å². The molecule has 2 rings (SSSR count). The zero-order chi connectivity index (χ0) is 16.7. The second-order valence-electron chi connectivity index (χ2n) is 6.03. The largest absolute Gasteiger partial charge is 0.481 e. The molecule has 0 bridgehead atoms. The molecule has 1 fully saturated rings. The van der Waals surface area contributed by atoms with Crippen LogP contribution in [0.5, 0.6) is 0 Å². The van der Waals surface area contributed by atoms with Crippen LogP contribution in [0.15, 0.2) is 24.3 Å². The highest BCUT2D eigenvalue weighted by Crippen LogP contribution is 2.09. The number of piperazine rings is 1. The number of carbonyl (C=O) groups is 2. The summed E-state index contributed by atoms with van der Waals surface area (Å²) >= 11 is 0. The quantitative estimate of drug-likeness (QED) is 0.735. The molecule has 0 saturated carbocycles. The molecule has 0 aromatic heterocycles. The molecule has 1 aromatic carbocycles. The third kappa shape index (κ3) is 6.00. The summed E-state index contributed by atoms with van der Waals surface area (Å²) in [5, 5.41) is 11.3. The van der Waals surface area contributed by atoms with E-state index in [0.29, 0.717) is 18.5 Å². The standard InChI is InChI=1S/C17H25N3O3/c1-19-9-11-20(12-10-19)13-14-4-6-15(7-5-14)17(23)18-8-2-3-16(21)22/h4-7H,2-3,8-13H2,1H3,(H,18,23)(H,21,22). The van der Waals surface area contributed by atoms with Gasteiger partial charge in [0.25, 0.3) is 5.91 Å². The lowest BCUT2D eigenvalue weighted by Gasteiger charge is -2.32. The minimum atomic E-state index is -0.840. The van der Waals surface area contributed by atoms with Crippen LogP contribution in [0.2, 0.25) is 0 Å². The van der Waals surface area contributed by atoms with E-state index in [1.807, 2.05) is 24.3 Å². The molecule has 1 heterocycles. The van der Waals surface area contributed by atoms with Gasteiger partial charge in [0.2, 0.25) is 0 Å². The zero-order valence-corrected chi connectivity index (χ0v) is 13.6. The van der Waals surface area contributed by atoms with Crippen molar-refractivity contribution in [3.63, 3.8) is 0 Å². The fraction of sp³-hybridized carbons (Fsp3) is 0.529. The molecule has 126 valence electrons.